The number of hydrogen-bond donors (Lipinski definition) is 1. The van der Waals surface area contributed by atoms with E-state index in [1.807, 2.05) is 30.0 Å². The average Bonchev–Trinajstić information content (AvgIpc) is 2.53. The first-order valence-corrected chi connectivity index (χ1v) is 3.86. The summed E-state index contributed by atoms with van der Waals surface area (Å²) >= 11 is 0. The molecule has 2 heterocycles. The van der Waals surface area contributed by atoms with Crippen LogP contribution in [0, 0.1) is 0 Å². The lowest BCUT2D eigenvalue weighted by Gasteiger charge is -2.18. The largest absolute Gasteiger partial charge is 0.293 e. The number of aromatic nitrogens is 1. The molecule has 0 saturated heterocycles. The lowest BCUT2D eigenvalue weighted by molar-refractivity contribution is 0.629. The highest BCUT2D eigenvalue weighted by Crippen LogP contribution is 2.11. The molecule has 1 unspecified atom stereocenters. The summed E-state index contributed by atoms with van der Waals surface area (Å²) in [4.78, 5) is 6.18. The molecular formula is C8H10N4. The summed E-state index contributed by atoms with van der Waals surface area (Å²) < 4.78 is 0. The highest BCUT2D eigenvalue weighted by atomic mass is 15.5. The summed E-state index contributed by atoms with van der Waals surface area (Å²) in [5.41, 5.74) is 2.92. The molecule has 0 radical (unpaired) electrons. The second kappa shape index (κ2) is 2.81. The Morgan fingerprint density at radius 3 is 3.00 bits per heavy atom. The summed E-state index contributed by atoms with van der Waals surface area (Å²) in [7, 11) is 0. The average molecular weight is 162 g/mol. The Morgan fingerprint density at radius 1 is 1.50 bits per heavy atom. The van der Waals surface area contributed by atoms with Gasteiger partial charge in [0, 0.05) is 6.20 Å². The molecule has 1 aromatic rings. The van der Waals surface area contributed by atoms with Gasteiger partial charge in [-0.1, -0.05) is 6.07 Å². The zero-order chi connectivity index (χ0) is 8.39. The maximum absolute atomic E-state index is 4.21. The minimum absolute atomic E-state index is 0.194. The molecule has 1 N–H and O–H groups in total. The van der Waals surface area contributed by atoms with Gasteiger partial charge in [0.1, 0.15) is 18.3 Å². The van der Waals surface area contributed by atoms with Gasteiger partial charge in [-0.25, -0.2) is 4.98 Å². The third-order valence-corrected chi connectivity index (χ3v) is 1.77. The van der Waals surface area contributed by atoms with Crippen LogP contribution in [-0.2, 0) is 0 Å². The topological polar surface area (TPSA) is 40.5 Å². The van der Waals surface area contributed by atoms with Crippen molar-refractivity contribution in [3.63, 3.8) is 0 Å². The molecule has 4 heteroatoms. The van der Waals surface area contributed by atoms with E-state index in [1.54, 1.807) is 12.5 Å². The number of nitrogens with zero attached hydrogens (tertiary/aromatic N) is 3. The van der Waals surface area contributed by atoms with Gasteiger partial charge in [-0.15, -0.1) is 0 Å². The molecule has 0 amide bonds. The van der Waals surface area contributed by atoms with E-state index in [4.69, 9.17) is 0 Å². The van der Waals surface area contributed by atoms with Crippen molar-refractivity contribution in [2.45, 2.75) is 13.1 Å². The van der Waals surface area contributed by atoms with E-state index in [0.717, 1.165) is 5.82 Å². The minimum Gasteiger partial charge on any atom is -0.293 e. The van der Waals surface area contributed by atoms with Gasteiger partial charge in [-0.2, -0.15) is 5.10 Å². The molecule has 1 aromatic heterocycles. The Kier molecular flexibility index (Phi) is 1.66. The summed E-state index contributed by atoms with van der Waals surface area (Å²) in [6.45, 7) is 2.03. The SMILES string of the molecule is CC1NN=CN1c1ccccn1. The summed E-state index contributed by atoms with van der Waals surface area (Å²) in [6, 6.07) is 5.81. The van der Waals surface area contributed by atoms with Crippen molar-refractivity contribution in [2.24, 2.45) is 5.10 Å². The van der Waals surface area contributed by atoms with E-state index >= 15 is 0 Å². The zero-order valence-corrected chi connectivity index (χ0v) is 6.81. The molecule has 0 fully saturated rings. The Bertz CT molecular complexity index is 282. The highest BCUT2D eigenvalue weighted by Gasteiger charge is 2.16. The van der Waals surface area contributed by atoms with Gasteiger partial charge < -0.3 is 0 Å². The fourth-order valence-corrected chi connectivity index (χ4v) is 1.13. The summed E-state index contributed by atoms with van der Waals surface area (Å²) in [6.07, 6.45) is 3.71. The van der Waals surface area contributed by atoms with Crippen LogP contribution in [-0.4, -0.2) is 17.5 Å². The number of anilines is 1. The Hall–Kier alpha value is -1.58. The first-order valence-electron chi connectivity index (χ1n) is 3.86. The molecule has 0 bridgehead atoms. The second-order valence-corrected chi connectivity index (χ2v) is 2.64. The molecule has 1 aliphatic rings. The normalized spacial score (nSPS) is 21.1. The van der Waals surface area contributed by atoms with Crippen molar-refractivity contribution < 1.29 is 0 Å². The van der Waals surface area contributed by atoms with Crippen molar-refractivity contribution in [1.29, 1.82) is 0 Å². The van der Waals surface area contributed by atoms with Crippen molar-refractivity contribution in [3.05, 3.63) is 24.4 Å². The van der Waals surface area contributed by atoms with Crippen LogP contribution in [0.15, 0.2) is 29.5 Å². The van der Waals surface area contributed by atoms with Crippen LogP contribution in [0.3, 0.4) is 0 Å². The van der Waals surface area contributed by atoms with Crippen LogP contribution < -0.4 is 10.3 Å². The lowest BCUT2D eigenvalue weighted by Crippen LogP contribution is -2.34. The van der Waals surface area contributed by atoms with Gasteiger partial charge >= 0.3 is 0 Å². The maximum atomic E-state index is 4.21. The van der Waals surface area contributed by atoms with Gasteiger partial charge in [0.25, 0.3) is 0 Å². The van der Waals surface area contributed by atoms with Crippen LogP contribution in [0.2, 0.25) is 0 Å². The minimum atomic E-state index is 0.194. The predicted molar refractivity (Wildman–Crippen MR) is 47.8 cm³/mol. The van der Waals surface area contributed by atoms with Crippen molar-refractivity contribution in [2.75, 3.05) is 4.90 Å². The van der Waals surface area contributed by atoms with Gasteiger partial charge in [-0.3, -0.25) is 10.3 Å². The lowest BCUT2D eigenvalue weighted by atomic mass is 10.4. The van der Waals surface area contributed by atoms with Gasteiger partial charge in [0.15, 0.2) is 0 Å². The fourth-order valence-electron chi connectivity index (χ4n) is 1.13. The standard InChI is InChI=1S/C8H10N4/c1-7-11-10-6-12(7)8-4-2-3-5-9-8/h2-7,11H,1H3. The molecule has 0 saturated carbocycles. The Morgan fingerprint density at radius 2 is 2.42 bits per heavy atom. The second-order valence-electron chi connectivity index (χ2n) is 2.64. The Labute approximate surface area is 70.9 Å². The molecule has 2 rings (SSSR count). The van der Waals surface area contributed by atoms with E-state index in [2.05, 4.69) is 15.5 Å². The smallest absolute Gasteiger partial charge is 0.135 e. The van der Waals surface area contributed by atoms with Crippen LogP contribution in [0.4, 0.5) is 5.82 Å². The first-order chi connectivity index (χ1) is 5.88. The van der Waals surface area contributed by atoms with E-state index in [-0.39, 0.29) is 6.17 Å². The number of nitrogens with one attached hydrogen (secondary N) is 1. The number of rotatable bonds is 1. The van der Waals surface area contributed by atoms with E-state index in [9.17, 15) is 0 Å². The number of hydrazone groups is 1. The Balaban J connectivity index is 2.25. The van der Waals surface area contributed by atoms with Crippen LogP contribution in [0.5, 0.6) is 0 Å². The quantitative estimate of drug-likeness (QED) is 0.663. The monoisotopic (exact) mass is 162 g/mol. The molecule has 0 spiro atoms. The molecule has 62 valence electrons. The number of pyridine rings is 1. The van der Waals surface area contributed by atoms with Crippen molar-refractivity contribution in [1.82, 2.24) is 10.4 Å². The molecule has 1 atom stereocenters. The van der Waals surface area contributed by atoms with E-state index in [1.165, 1.54) is 0 Å². The van der Waals surface area contributed by atoms with Crippen molar-refractivity contribution >= 4 is 12.2 Å². The van der Waals surface area contributed by atoms with Crippen LogP contribution in [0.25, 0.3) is 0 Å². The maximum Gasteiger partial charge on any atom is 0.135 e. The predicted octanol–water partition coefficient (Wildman–Crippen LogP) is 0.780. The first kappa shape index (κ1) is 7.09. The third-order valence-electron chi connectivity index (χ3n) is 1.77. The van der Waals surface area contributed by atoms with Gasteiger partial charge in [0.05, 0.1) is 0 Å². The molecule has 0 aliphatic carbocycles. The van der Waals surface area contributed by atoms with Crippen LogP contribution >= 0.6 is 0 Å². The summed E-state index contributed by atoms with van der Waals surface area (Å²) in [5.74, 6) is 0.916. The molecular weight excluding hydrogens is 152 g/mol. The third kappa shape index (κ3) is 1.11. The number of hydrogen-bond acceptors (Lipinski definition) is 4. The van der Waals surface area contributed by atoms with Gasteiger partial charge in [-0.05, 0) is 19.1 Å². The van der Waals surface area contributed by atoms with Crippen LogP contribution in [0.1, 0.15) is 6.92 Å². The summed E-state index contributed by atoms with van der Waals surface area (Å²) in [5, 5.41) is 3.93. The van der Waals surface area contributed by atoms with Crippen molar-refractivity contribution in [3.8, 4) is 0 Å². The molecule has 0 aromatic carbocycles. The fraction of sp³-hybridized carbons (Fsp3) is 0.250. The zero-order valence-electron chi connectivity index (χ0n) is 6.81. The molecule has 4 nitrogen and oxygen atoms in total. The molecule has 12 heavy (non-hydrogen) atoms. The van der Waals surface area contributed by atoms with E-state index < -0.39 is 0 Å². The molecule has 1 aliphatic heterocycles. The van der Waals surface area contributed by atoms with E-state index in [0.29, 0.717) is 0 Å². The highest BCUT2D eigenvalue weighted by molar-refractivity contribution is 5.79. The van der Waals surface area contributed by atoms with Gasteiger partial charge in [0.2, 0.25) is 0 Å².